The van der Waals surface area contributed by atoms with Gasteiger partial charge in [0.05, 0.1) is 11.1 Å². The lowest BCUT2D eigenvalue weighted by molar-refractivity contribution is -0.126. The van der Waals surface area contributed by atoms with Crippen LogP contribution >= 0.6 is 0 Å². The summed E-state index contributed by atoms with van der Waals surface area (Å²) < 4.78 is 1.93. The molecule has 1 saturated carbocycles. The number of fused-ring (bicyclic) bond motifs is 3. The Hall–Kier alpha value is -6.17. The fourth-order valence-electron chi connectivity index (χ4n) is 6.43. The van der Waals surface area contributed by atoms with E-state index < -0.39 is 23.4 Å². The van der Waals surface area contributed by atoms with Crippen LogP contribution < -0.4 is 16.0 Å². The van der Waals surface area contributed by atoms with Gasteiger partial charge in [-0.15, -0.1) is 0 Å². The number of carbonyl (C=O) groups is 6. The normalized spacial score (nSPS) is 13.6. The van der Waals surface area contributed by atoms with Crippen molar-refractivity contribution in [2.75, 3.05) is 0 Å². The van der Waals surface area contributed by atoms with Crippen molar-refractivity contribution in [2.24, 2.45) is 0 Å². The number of nitrogens with one attached hydrogen (secondary N) is 3. The topological polar surface area (TPSA) is 160 Å². The molecule has 0 radical (unpaired) electrons. The molecule has 51 heavy (non-hydrogen) atoms. The van der Waals surface area contributed by atoms with Crippen molar-refractivity contribution in [3.05, 3.63) is 113 Å². The van der Waals surface area contributed by atoms with Gasteiger partial charge in [-0.2, -0.15) is 0 Å². The molecule has 260 valence electrons. The molecule has 0 spiro atoms. The van der Waals surface area contributed by atoms with E-state index >= 15 is 0 Å². The monoisotopic (exact) mass is 686 g/mol. The number of benzene rings is 3. The molecule has 2 aromatic heterocycles. The highest BCUT2D eigenvalue weighted by Crippen LogP contribution is 2.45. The van der Waals surface area contributed by atoms with E-state index in [1.54, 1.807) is 32.2 Å². The highest BCUT2D eigenvalue weighted by atomic mass is 16.2. The number of hydrogen-bond acceptors (Lipinski definition) is 7. The number of aromatic nitrogens is 2. The minimum absolute atomic E-state index is 0.0285. The van der Waals surface area contributed by atoms with Crippen LogP contribution in [0.25, 0.3) is 21.9 Å². The van der Waals surface area contributed by atoms with E-state index in [9.17, 15) is 28.8 Å². The van der Waals surface area contributed by atoms with Gasteiger partial charge in [0.2, 0.25) is 24.6 Å². The molecule has 1 unspecified atom stereocenters. The fraction of sp³-hybridized carbons (Fsp3) is 0.256. The maximum atomic E-state index is 13.4. The first kappa shape index (κ1) is 34.7. The second-order valence-corrected chi connectivity index (χ2v) is 12.9. The van der Waals surface area contributed by atoms with E-state index in [-0.39, 0.29) is 43.2 Å². The quantitative estimate of drug-likeness (QED) is 0.147. The van der Waals surface area contributed by atoms with Crippen molar-refractivity contribution in [3.8, 4) is 0 Å². The van der Waals surface area contributed by atoms with E-state index in [0.717, 1.165) is 50.8 Å². The van der Waals surface area contributed by atoms with Crippen molar-refractivity contribution in [1.82, 2.24) is 30.4 Å². The van der Waals surface area contributed by atoms with Gasteiger partial charge in [0.1, 0.15) is 12.2 Å². The van der Waals surface area contributed by atoms with Crippen LogP contribution in [0.4, 0.5) is 0 Å². The van der Waals surface area contributed by atoms with Crippen LogP contribution in [0.2, 0.25) is 0 Å². The third-order valence-corrected chi connectivity index (χ3v) is 9.48. The fourth-order valence-corrected chi connectivity index (χ4v) is 6.43. The van der Waals surface area contributed by atoms with Gasteiger partial charge in [0.25, 0.3) is 11.8 Å². The summed E-state index contributed by atoms with van der Waals surface area (Å²) in [6, 6.07) is 23.8. The first-order chi connectivity index (χ1) is 24.6. The highest BCUT2D eigenvalue weighted by molar-refractivity contribution is 6.07. The van der Waals surface area contributed by atoms with E-state index in [0.29, 0.717) is 24.1 Å². The second-order valence-electron chi connectivity index (χ2n) is 12.9. The Labute approximate surface area is 294 Å². The molecule has 3 aromatic carbocycles. The zero-order valence-electron chi connectivity index (χ0n) is 28.3. The van der Waals surface area contributed by atoms with Gasteiger partial charge in [0, 0.05) is 47.1 Å². The maximum Gasteiger partial charge on any atom is 0.260 e. The summed E-state index contributed by atoms with van der Waals surface area (Å²) >= 11 is 0. The number of pyridine rings is 1. The minimum atomic E-state index is -0.587. The Balaban J connectivity index is 1.05. The van der Waals surface area contributed by atoms with Crippen molar-refractivity contribution < 1.29 is 28.8 Å². The Kier molecular flexibility index (Phi) is 10.0. The largest absolute Gasteiger partial charge is 0.350 e. The number of nitrogens with zero attached hydrogens (tertiary/aromatic N) is 3. The van der Waals surface area contributed by atoms with Crippen molar-refractivity contribution in [1.29, 1.82) is 0 Å². The molecule has 5 aromatic rings. The summed E-state index contributed by atoms with van der Waals surface area (Å²) in [7, 11) is 0. The van der Waals surface area contributed by atoms with Crippen LogP contribution in [0.3, 0.4) is 0 Å². The van der Waals surface area contributed by atoms with Gasteiger partial charge < -0.3 is 15.2 Å². The number of para-hydroxylation sites is 1. The molecule has 3 N–H and O–H groups in total. The smallest absolute Gasteiger partial charge is 0.260 e. The standard InChI is InChI=1S/C39H38N6O6/c1-25-20-28(12-15-30(25)38(51)45(24-47)26(2)9-16-34(48)42-23-46)37(50)43-39(17-18-39)29-13-10-27(11-14-29)21-41-35(49)22-44-33-8-4-3-6-31(33)32-7-5-19-40-36(32)44/h3-8,10-15,19-20,23-24,26H,9,16-18,21-22H2,1-2H3,(H,41,49)(H,43,50)(H,42,46,48). The zero-order chi connectivity index (χ0) is 36.1. The summed E-state index contributed by atoms with van der Waals surface area (Å²) in [6.45, 7) is 3.82. The second kappa shape index (κ2) is 14.8. The third-order valence-electron chi connectivity index (χ3n) is 9.48. The number of imide groups is 2. The molecule has 0 aliphatic heterocycles. The number of rotatable bonds is 14. The molecular formula is C39H38N6O6. The van der Waals surface area contributed by atoms with Crippen LogP contribution in [0.1, 0.15) is 70.0 Å². The highest BCUT2D eigenvalue weighted by Gasteiger charge is 2.45. The predicted octanol–water partition coefficient (Wildman–Crippen LogP) is 4.27. The van der Waals surface area contributed by atoms with E-state index in [2.05, 4.69) is 15.6 Å². The first-order valence-corrected chi connectivity index (χ1v) is 16.8. The molecule has 6 rings (SSSR count). The Bertz CT molecular complexity index is 2100. The van der Waals surface area contributed by atoms with Gasteiger partial charge in [0.15, 0.2) is 0 Å². The Morgan fingerprint density at radius 2 is 1.69 bits per heavy atom. The maximum absolute atomic E-state index is 13.4. The summed E-state index contributed by atoms with van der Waals surface area (Å²) in [6.07, 6.45) is 4.14. The molecule has 12 heteroatoms. The van der Waals surface area contributed by atoms with Gasteiger partial charge in [-0.1, -0.05) is 42.5 Å². The van der Waals surface area contributed by atoms with Crippen molar-refractivity contribution in [3.63, 3.8) is 0 Å². The zero-order valence-corrected chi connectivity index (χ0v) is 28.3. The van der Waals surface area contributed by atoms with E-state index in [1.807, 2.05) is 70.5 Å². The molecule has 1 aliphatic carbocycles. The van der Waals surface area contributed by atoms with Gasteiger partial charge in [-0.25, -0.2) is 4.98 Å². The lowest BCUT2D eigenvalue weighted by atomic mass is 10.00. The van der Waals surface area contributed by atoms with E-state index in [1.165, 1.54) is 6.07 Å². The van der Waals surface area contributed by atoms with Crippen molar-refractivity contribution >= 4 is 58.4 Å². The molecule has 1 fully saturated rings. The Morgan fingerprint density at radius 1 is 0.941 bits per heavy atom. The van der Waals surface area contributed by atoms with Crippen LogP contribution in [0.5, 0.6) is 0 Å². The molecule has 12 nitrogen and oxygen atoms in total. The first-order valence-electron chi connectivity index (χ1n) is 16.8. The average Bonchev–Trinajstić information content (AvgIpc) is 3.86. The van der Waals surface area contributed by atoms with Gasteiger partial charge >= 0.3 is 0 Å². The summed E-state index contributed by atoms with van der Waals surface area (Å²) in [4.78, 5) is 79.0. The van der Waals surface area contributed by atoms with E-state index in [4.69, 9.17) is 0 Å². The predicted molar refractivity (Wildman–Crippen MR) is 190 cm³/mol. The van der Waals surface area contributed by atoms with Crippen LogP contribution in [-0.2, 0) is 37.8 Å². The summed E-state index contributed by atoms with van der Waals surface area (Å²) in [5.74, 6) is -1.46. The number of amides is 6. The molecule has 1 atom stereocenters. The van der Waals surface area contributed by atoms with Crippen LogP contribution in [0, 0.1) is 6.92 Å². The van der Waals surface area contributed by atoms with Crippen LogP contribution in [0.15, 0.2) is 85.1 Å². The minimum Gasteiger partial charge on any atom is -0.350 e. The summed E-state index contributed by atoms with van der Waals surface area (Å²) in [5, 5.41) is 10.3. The van der Waals surface area contributed by atoms with Gasteiger partial charge in [-0.3, -0.25) is 39.0 Å². The molecule has 6 amide bonds. The number of aryl methyl sites for hydroxylation is 1. The molecule has 2 heterocycles. The van der Waals surface area contributed by atoms with Crippen molar-refractivity contribution in [2.45, 2.75) is 64.2 Å². The van der Waals surface area contributed by atoms with Crippen LogP contribution in [-0.4, -0.2) is 56.9 Å². The number of hydrogen-bond donors (Lipinski definition) is 3. The Morgan fingerprint density at radius 3 is 2.39 bits per heavy atom. The van der Waals surface area contributed by atoms with Gasteiger partial charge in [-0.05, 0) is 86.2 Å². The molecule has 0 saturated heterocycles. The third kappa shape index (κ3) is 7.40. The SMILES string of the molecule is Cc1cc(C(=O)NC2(c3ccc(CNC(=O)Cn4c5ccccc5c5cccnc54)cc3)CC2)ccc1C(=O)N(C=O)C(C)CCC(=O)NC=O. The number of carbonyl (C=O) groups excluding carboxylic acids is 6. The molecule has 0 bridgehead atoms. The summed E-state index contributed by atoms with van der Waals surface area (Å²) in [5.41, 5.74) is 4.26. The molecular weight excluding hydrogens is 648 g/mol. The molecule has 1 aliphatic rings. The lowest BCUT2D eigenvalue weighted by Crippen LogP contribution is -2.39. The average molecular weight is 687 g/mol. The lowest BCUT2D eigenvalue weighted by Gasteiger charge is -2.24.